The van der Waals surface area contributed by atoms with E-state index in [9.17, 15) is 18.7 Å². The van der Waals surface area contributed by atoms with Gasteiger partial charge in [0.25, 0.3) is 0 Å². The molecule has 8 heteroatoms. The summed E-state index contributed by atoms with van der Waals surface area (Å²) in [6, 6.07) is 5.39. The number of amides is 2. The molecular weight excluding hydrogens is 308 g/mol. The third-order valence-corrected chi connectivity index (χ3v) is 2.99. The average Bonchev–Trinajstić information content (AvgIpc) is 2.53. The number of hydrogen-bond acceptors (Lipinski definition) is 4. The molecule has 1 aromatic heterocycles. The zero-order valence-corrected chi connectivity index (χ0v) is 12.2. The first-order chi connectivity index (χ1) is 11.0. The van der Waals surface area contributed by atoms with E-state index in [1.807, 2.05) is 0 Å². The lowest BCUT2D eigenvalue weighted by atomic mass is 10.1. The van der Waals surface area contributed by atoms with E-state index in [1.165, 1.54) is 13.3 Å². The number of methoxy groups -OCH3 is 1. The lowest BCUT2D eigenvalue weighted by Gasteiger charge is -2.14. The summed E-state index contributed by atoms with van der Waals surface area (Å²) in [7, 11) is 1.41. The van der Waals surface area contributed by atoms with E-state index in [4.69, 9.17) is 4.74 Å². The van der Waals surface area contributed by atoms with Crippen molar-refractivity contribution in [1.29, 1.82) is 0 Å². The number of carbonyl (C=O) groups excluding carboxylic acids is 1. The molecule has 1 atom stereocenters. The standard InChI is InChI=1S/C15H15F2N3O3/c1-23-14-12(3-2-6-18-14)20-15(22)19-8-13(21)10-5-4-9(16)7-11(10)17/h2-7,13,21H,8H2,1H3,(H2,19,20,22)/t13-/m1/s1. The highest BCUT2D eigenvalue weighted by Gasteiger charge is 2.15. The van der Waals surface area contributed by atoms with E-state index in [2.05, 4.69) is 15.6 Å². The second kappa shape index (κ2) is 7.50. The number of ether oxygens (including phenoxy) is 1. The Bertz CT molecular complexity index is 697. The van der Waals surface area contributed by atoms with Crippen molar-refractivity contribution in [2.75, 3.05) is 19.0 Å². The summed E-state index contributed by atoms with van der Waals surface area (Å²) in [5.41, 5.74) is 0.237. The van der Waals surface area contributed by atoms with Gasteiger partial charge in [-0.2, -0.15) is 0 Å². The fourth-order valence-corrected chi connectivity index (χ4v) is 1.89. The first kappa shape index (κ1) is 16.6. The molecule has 0 radical (unpaired) electrons. The molecule has 1 heterocycles. The molecule has 0 saturated heterocycles. The Hall–Kier alpha value is -2.74. The smallest absolute Gasteiger partial charge is 0.319 e. The van der Waals surface area contributed by atoms with Crippen LogP contribution in [0.1, 0.15) is 11.7 Å². The van der Waals surface area contributed by atoms with Crippen molar-refractivity contribution in [1.82, 2.24) is 10.3 Å². The van der Waals surface area contributed by atoms with Gasteiger partial charge in [-0.05, 0) is 18.2 Å². The Morgan fingerprint density at radius 1 is 1.39 bits per heavy atom. The Kier molecular flexibility index (Phi) is 5.42. The number of rotatable bonds is 5. The van der Waals surface area contributed by atoms with Crippen LogP contribution in [0.15, 0.2) is 36.5 Å². The topological polar surface area (TPSA) is 83.5 Å². The van der Waals surface area contributed by atoms with Gasteiger partial charge in [-0.1, -0.05) is 6.07 Å². The fraction of sp³-hybridized carbons (Fsp3) is 0.200. The highest BCUT2D eigenvalue weighted by molar-refractivity contribution is 5.90. The van der Waals surface area contributed by atoms with E-state index >= 15 is 0 Å². The molecule has 0 saturated carbocycles. The van der Waals surface area contributed by atoms with Crippen LogP contribution >= 0.6 is 0 Å². The van der Waals surface area contributed by atoms with Gasteiger partial charge < -0.3 is 20.5 Å². The van der Waals surface area contributed by atoms with E-state index in [0.717, 1.165) is 12.1 Å². The highest BCUT2D eigenvalue weighted by Crippen LogP contribution is 2.20. The largest absolute Gasteiger partial charge is 0.480 e. The van der Waals surface area contributed by atoms with Gasteiger partial charge >= 0.3 is 6.03 Å². The van der Waals surface area contributed by atoms with Gasteiger partial charge in [-0.15, -0.1) is 0 Å². The van der Waals surface area contributed by atoms with Gasteiger partial charge in [0, 0.05) is 24.4 Å². The number of aromatic nitrogens is 1. The SMILES string of the molecule is COc1ncccc1NC(=O)NC[C@@H](O)c1ccc(F)cc1F. The molecule has 2 amide bonds. The zero-order valence-electron chi connectivity index (χ0n) is 12.2. The van der Waals surface area contributed by atoms with Gasteiger partial charge in [-0.25, -0.2) is 18.6 Å². The molecule has 2 aromatic rings. The van der Waals surface area contributed by atoms with Crippen LogP contribution in [0, 0.1) is 11.6 Å². The Labute approximate surface area is 131 Å². The predicted molar refractivity (Wildman–Crippen MR) is 79.1 cm³/mol. The predicted octanol–water partition coefficient (Wildman–Crippen LogP) is 2.22. The van der Waals surface area contributed by atoms with Gasteiger partial charge in [-0.3, -0.25) is 0 Å². The first-order valence-corrected chi connectivity index (χ1v) is 6.68. The van der Waals surface area contributed by atoms with Crippen molar-refractivity contribution in [3.63, 3.8) is 0 Å². The van der Waals surface area contributed by atoms with Crippen LogP contribution in [-0.4, -0.2) is 29.8 Å². The fourth-order valence-electron chi connectivity index (χ4n) is 1.89. The monoisotopic (exact) mass is 323 g/mol. The van der Waals surface area contributed by atoms with Gasteiger partial charge in [0.2, 0.25) is 5.88 Å². The van der Waals surface area contributed by atoms with Crippen LogP contribution in [0.2, 0.25) is 0 Å². The van der Waals surface area contributed by atoms with Crippen LogP contribution in [0.3, 0.4) is 0 Å². The Morgan fingerprint density at radius 3 is 2.87 bits per heavy atom. The normalized spacial score (nSPS) is 11.7. The number of nitrogens with zero attached hydrogens (tertiary/aromatic N) is 1. The number of aliphatic hydroxyl groups excluding tert-OH is 1. The summed E-state index contributed by atoms with van der Waals surface area (Å²) in [6.07, 6.45) is 0.195. The number of hydrogen-bond donors (Lipinski definition) is 3. The molecule has 0 unspecified atom stereocenters. The van der Waals surface area contributed by atoms with Crippen molar-refractivity contribution >= 4 is 11.7 Å². The molecule has 3 N–H and O–H groups in total. The maximum atomic E-state index is 13.5. The highest BCUT2D eigenvalue weighted by atomic mass is 19.1. The minimum absolute atomic E-state index is 0.106. The van der Waals surface area contributed by atoms with Crippen LogP contribution in [0.25, 0.3) is 0 Å². The molecule has 23 heavy (non-hydrogen) atoms. The van der Waals surface area contributed by atoms with Gasteiger partial charge in [0.15, 0.2) is 0 Å². The quantitative estimate of drug-likeness (QED) is 0.788. The lowest BCUT2D eigenvalue weighted by molar-refractivity contribution is 0.170. The Morgan fingerprint density at radius 2 is 2.17 bits per heavy atom. The summed E-state index contributed by atoms with van der Waals surface area (Å²) in [6.45, 7) is -0.253. The van der Waals surface area contributed by atoms with Crippen LogP contribution in [-0.2, 0) is 0 Å². The number of urea groups is 1. The molecule has 1 aromatic carbocycles. The van der Waals surface area contributed by atoms with Crippen molar-refractivity contribution < 1.29 is 23.4 Å². The summed E-state index contributed by atoms with van der Waals surface area (Å²) in [5.74, 6) is -1.39. The molecule has 2 rings (SSSR count). The average molecular weight is 323 g/mol. The lowest BCUT2D eigenvalue weighted by Crippen LogP contribution is -2.32. The number of carbonyl (C=O) groups is 1. The molecule has 0 aliphatic carbocycles. The van der Waals surface area contributed by atoms with Gasteiger partial charge in [0.05, 0.1) is 13.2 Å². The summed E-state index contributed by atoms with van der Waals surface area (Å²) in [4.78, 5) is 15.7. The van der Waals surface area contributed by atoms with Crippen molar-refractivity contribution in [3.8, 4) is 5.88 Å². The van der Waals surface area contributed by atoms with E-state index in [1.54, 1.807) is 12.1 Å². The maximum Gasteiger partial charge on any atom is 0.319 e. The maximum absolute atomic E-state index is 13.5. The third kappa shape index (κ3) is 4.36. The van der Waals surface area contributed by atoms with Crippen LogP contribution < -0.4 is 15.4 Å². The molecule has 122 valence electrons. The molecular formula is C15H15F2N3O3. The number of anilines is 1. The van der Waals surface area contributed by atoms with E-state index in [-0.39, 0.29) is 18.0 Å². The second-order valence-electron chi connectivity index (χ2n) is 4.58. The molecule has 0 spiro atoms. The van der Waals surface area contributed by atoms with Crippen molar-refractivity contribution in [2.24, 2.45) is 0 Å². The summed E-state index contributed by atoms with van der Waals surface area (Å²) < 4.78 is 31.3. The summed E-state index contributed by atoms with van der Waals surface area (Å²) in [5, 5.41) is 14.7. The number of benzene rings is 1. The van der Waals surface area contributed by atoms with Crippen molar-refractivity contribution in [2.45, 2.75) is 6.10 Å². The van der Waals surface area contributed by atoms with Crippen LogP contribution in [0.4, 0.5) is 19.3 Å². The van der Waals surface area contributed by atoms with E-state index in [0.29, 0.717) is 11.8 Å². The zero-order chi connectivity index (χ0) is 16.8. The summed E-state index contributed by atoms with van der Waals surface area (Å²) >= 11 is 0. The molecule has 6 nitrogen and oxygen atoms in total. The number of halogens is 2. The molecule has 0 bridgehead atoms. The third-order valence-electron chi connectivity index (χ3n) is 2.99. The first-order valence-electron chi connectivity index (χ1n) is 6.68. The second-order valence-corrected chi connectivity index (χ2v) is 4.58. The number of pyridine rings is 1. The number of nitrogens with one attached hydrogen (secondary N) is 2. The van der Waals surface area contributed by atoms with Crippen LogP contribution in [0.5, 0.6) is 5.88 Å². The van der Waals surface area contributed by atoms with Gasteiger partial charge in [0.1, 0.15) is 17.3 Å². The number of aliphatic hydroxyl groups is 1. The molecule has 0 aliphatic rings. The van der Waals surface area contributed by atoms with Crippen molar-refractivity contribution in [3.05, 3.63) is 53.7 Å². The minimum Gasteiger partial charge on any atom is -0.480 e. The Balaban J connectivity index is 1.93. The molecule has 0 fully saturated rings. The molecule has 0 aliphatic heterocycles. The van der Waals surface area contributed by atoms with E-state index < -0.39 is 23.8 Å². The minimum atomic E-state index is -1.31.